The minimum absolute atomic E-state index is 0.0831. The van der Waals surface area contributed by atoms with Gasteiger partial charge in [0, 0.05) is 12.8 Å². The van der Waals surface area contributed by atoms with Crippen LogP contribution in [0.25, 0.3) is 0 Å². The van der Waals surface area contributed by atoms with Crippen molar-refractivity contribution in [1.29, 1.82) is 0 Å². The number of rotatable bonds is 6. The molecule has 1 aromatic rings. The molecule has 0 saturated heterocycles. The van der Waals surface area contributed by atoms with Crippen LogP contribution >= 0.6 is 11.6 Å². The first kappa shape index (κ1) is 15.7. The lowest BCUT2D eigenvalue weighted by atomic mass is 10.0. The number of amides is 1. The second-order valence-corrected chi connectivity index (χ2v) is 4.57. The summed E-state index contributed by atoms with van der Waals surface area (Å²) in [5.74, 6) is -0.270. The van der Waals surface area contributed by atoms with Crippen molar-refractivity contribution >= 4 is 23.2 Å². The number of anilines is 1. The highest BCUT2D eigenvalue weighted by molar-refractivity contribution is 6.29. The van der Waals surface area contributed by atoms with Gasteiger partial charge in [-0.15, -0.1) is 11.6 Å². The molecule has 0 aliphatic carbocycles. The average Bonchev–Trinajstić information content (AvgIpc) is 2.40. The monoisotopic (exact) mass is 281 g/mol. The molecule has 1 amide bonds. The molecule has 0 radical (unpaired) electrons. The zero-order chi connectivity index (χ0) is 14.4. The van der Waals surface area contributed by atoms with Crippen LogP contribution in [0.3, 0.4) is 0 Å². The van der Waals surface area contributed by atoms with E-state index in [1.54, 1.807) is 12.0 Å². The van der Waals surface area contributed by atoms with Gasteiger partial charge in [-0.25, -0.2) is 0 Å². The van der Waals surface area contributed by atoms with E-state index in [1.165, 1.54) is 0 Å². The van der Waals surface area contributed by atoms with Crippen LogP contribution in [0.5, 0.6) is 0 Å². The SMILES string of the molecule is C=C(COC)N(C(=O)CCl)c1c(C)cccc1CC. The highest BCUT2D eigenvalue weighted by atomic mass is 35.5. The fourth-order valence-corrected chi connectivity index (χ4v) is 2.19. The van der Waals surface area contributed by atoms with E-state index in [0.29, 0.717) is 12.3 Å². The van der Waals surface area contributed by atoms with Gasteiger partial charge < -0.3 is 4.74 Å². The summed E-state index contributed by atoms with van der Waals surface area (Å²) in [6.07, 6.45) is 0.837. The van der Waals surface area contributed by atoms with Gasteiger partial charge in [-0.3, -0.25) is 9.69 Å². The molecule has 4 heteroatoms. The number of hydrogen-bond acceptors (Lipinski definition) is 2. The summed E-state index contributed by atoms with van der Waals surface area (Å²) < 4.78 is 5.08. The van der Waals surface area contributed by atoms with Gasteiger partial charge in [-0.05, 0) is 24.5 Å². The molecule has 0 aromatic heterocycles. The minimum Gasteiger partial charge on any atom is -0.378 e. The van der Waals surface area contributed by atoms with Crippen LogP contribution in [0.2, 0.25) is 0 Å². The quantitative estimate of drug-likeness (QED) is 0.749. The van der Waals surface area contributed by atoms with Gasteiger partial charge in [0.15, 0.2) is 0 Å². The molecule has 0 aliphatic rings. The third kappa shape index (κ3) is 3.58. The van der Waals surface area contributed by atoms with Crippen molar-refractivity contribution in [3.8, 4) is 0 Å². The Labute approximate surface area is 119 Å². The van der Waals surface area contributed by atoms with Gasteiger partial charge in [-0.1, -0.05) is 31.7 Å². The summed E-state index contributed by atoms with van der Waals surface area (Å²) in [6, 6.07) is 5.97. The fraction of sp³-hybridized carbons (Fsp3) is 0.400. The van der Waals surface area contributed by atoms with E-state index >= 15 is 0 Å². The predicted octanol–water partition coefficient (Wildman–Crippen LogP) is 3.29. The van der Waals surface area contributed by atoms with Gasteiger partial charge in [-0.2, -0.15) is 0 Å². The summed E-state index contributed by atoms with van der Waals surface area (Å²) >= 11 is 5.72. The fourth-order valence-electron chi connectivity index (χ4n) is 2.08. The van der Waals surface area contributed by atoms with E-state index in [9.17, 15) is 4.79 Å². The number of halogens is 1. The van der Waals surface area contributed by atoms with Crippen LogP contribution in [0.15, 0.2) is 30.5 Å². The van der Waals surface area contributed by atoms with Crippen LogP contribution in [-0.4, -0.2) is 25.5 Å². The number of alkyl halides is 1. The Bertz CT molecular complexity index is 471. The van der Waals surface area contributed by atoms with Crippen molar-refractivity contribution in [2.24, 2.45) is 0 Å². The molecule has 19 heavy (non-hydrogen) atoms. The topological polar surface area (TPSA) is 29.5 Å². The Morgan fingerprint density at radius 2 is 2.16 bits per heavy atom. The largest absolute Gasteiger partial charge is 0.378 e. The zero-order valence-electron chi connectivity index (χ0n) is 11.7. The molecule has 0 spiro atoms. The molecule has 0 fully saturated rings. The number of ether oxygens (including phenoxy) is 1. The molecular formula is C15H20ClNO2. The second-order valence-electron chi connectivity index (χ2n) is 4.30. The third-order valence-corrected chi connectivity index (χ3v) is 3.15. The molecule has 3 nitrogen and oxygen atoms in total. The van der Waals surface area contributed by atoms with Crippen molar-refractivity contribution in [2.45, 2.75) is 20.3 Å². The number of methoxy groups -OCH3 is 1. The first-order valence-corrected chi connectivity index (χ1v) is 6.74. The lowest BCUT2D eigenvalue weighted by Crippen LogP contribution is -2.33. The molecule has 1 rings (SSSR count). The van der Waals surface area contributed by atoms with Crippen LogP contribution in [-0.2, 0) is 16.0 Å². The van der Waals surface area contributed by atoms with Crippen molar-refractivity contribution in [3.05, 3.63) is 41.6 Å². The first-order valence-electron chi connectivity index (χ1n) is 6.20. The highest BCUT2D eigenvalue weighted by Gasteiger charge is 2.21. The number of nitrogens with zero attached hydrogens (tertiary/aromatic N) is 1. The Morgan fingerprint density at radius 1 is 1.47 bits per heavy atom. The number of hydrogen-bond donors (Lipinski definition) is 0. The number of aryl methyl sites for hydroxylation is 2. The maximum Gasteiger partial charge on any atom is 0.246 e. The predicted molar refractivity (Wildman–Crippen MR) is 79.8 cm³/mol. The first-order chi connectivity index (χ1) is 9.06. The van der Waals surface area contributed by atoms with Crippen LogP contribution in [0.1, 0.15) is 18.1 Å². The maximum absolute atomic E-state index is 12.1. The van der Waals surface area contributed by atoms with Crippen LogP contribution < -0.4 is 4.90 Å². The molecule has 1 aromatic carbocycles. The van der Waals surface area contributed by atoms with E-state index in [1.807, 2.05) is 25.1 Å². The summed E-state index contributed by atoms with van der Waals surface area (Å²) in [6.45, 7) is 8.25. The number of carbonyl (C=O) groups excluding carboxylic acids is 1. The summed E-state index contributed by atoms with van der Waals surface area (Å²) in [5, 5.41) is 0. The molecule has 0 atom stereocenters. The molecule has 0 bridgehead atoms. The standard InChI is InChI=1S/C15H20ClNO2/c1-5-13-8-6-7-11(2)15(13)17(14(18)9-16)12(3)10-19-4/h6-8H,3,5,9-10H2,1-2,4H3. The van der Waals surface area contributed by atoms with E-state index in [2.05, 4.69) is 13.5 Å². The van der Waals surface area contributed by atoms with Crippen LogP contribution in [0, 0.1) is 6.92 Å². The molecule has 0 unspecified atom stereocenters. The van der Waals surface area contributed by atoms with Crippen molar-refractivity contribution < 1.29 is 9.53 Å². The minimum atomic E-state index is -0.187. The van der Waals surface area contributed by atoms with E-state index < -0.39 is 0 Å². The zero-order valence-corrected chi connectivity index (χ0v) is 12.5. The second kappa shape index (κ2) is 7.31. The van der Waals surface area contributed by atoms with Crippen molar-refractivity contribution in [3.63, 3.8) is 0 Å². The Balaban J connectivity index is 3.32. The van der Waals surface area contributed by atoms with Crippen LogP contribution in [0.4, 0.5) is 5.69 Å². The molecule has 0 heterocycles. The number of benzene rings is 1. The average molecular weight is 282 g/mol. The smallest absolute Gasteiger partial charge is 0.246 e. The third-order valence-electron chi connectivity index (χ3n) is 2.92. The van der Waals surface area contributed by atoms with Gasteiger partial charge in [0.2, 0.25) is 5.91 Å². The van der Waals surface area contributed by atoms with Gasteiger partial charge >= 0.3 is 0 Å². The van der Waals surface area contributed by atoms with Crippen molar-refractivity contribution in [1.82, 2.24) is 0 Å². The number of carbonyl (C=O) groups is 1. The summed E-state index contributed by atoms with van der Waals surface area (Å²) in [5.41, 5.74) is 3.58. The van der Waals surface area contributed by atoms with Crippen molar-refractivity contribution in [2.75, 3.05) is 24.5 Å². The lowest BCUT2D eigenvalue weighted by Gasteiger charge is -2.27. The highest BCUT2D eigenvalue weighted by Crippen LogP contribution is 2.28. The lowest BCUT2D eigenvalue weighted by molar-refractivity contribution is -0.115. The normalized spacial score (nSPS) is 10.3. The molecule has 0 aliphatic heterocycles. The molecule has 104 valence electrons. The Morgan fingerprint density at radius 3 is 2.68 bits per heavy atom. The number of para-hydroxylation sites is 1. The summed E-state index contributed by atoms with van der Waals surface area (Å²) in [4.78, 5) is 13.7. The molecule has 0 saturated carbocycles. The van der Waals surface area contributed by atoms with E-state index in [-0.39, 0.29) is 11.8 Å². The van der Waals surface area contributed by atoms with Gasteiger partial charge in [0.25, 0.3) is 0 Å². The Hall–Kier alpha value is -1.32. The molecule has 0 N–H and O–H groups in total. The summed E-state index contributed by atoms with van der Waals surface area (Å²) in [7, 11) is 1.58. The van der Waals surface area contributed by atoms with E-state index in [0.717, 1.165) is 23.2 Å². The maximum atomic E-state index is 12.1. The Kier molecular flexibility index (Phi) is 6.06. The molecular weight excluding hydrogens is 262 g/mol. The van der Waals surface area contributed by atoms with Gasteiger partial charge in [0.05, 0.1) is 12.3 Å². The van der Waals surface area contributed by atoms with Gasteiger partial charge in [0.1, 0.15) is 5.88 Å². The van der Waals surface area contributed by atoms with E-state index in [4.69, 9.17) is 16.3 Å².